The zero-order valence-electron chi connectivity index (χ0n) is 14.1. The number of carbonyl (C=O) groups excluding carboxylic acids is 2. The summed E-state index contributed by atoms with van der Waals surface area (Å²) < 4.78 is 15.8. The zero-order valence-corrected chi connectivity index (χ0v) is 14.1. The molecule has 0 fully saturated rings. The Labute approximate surface area is 145 Å². The van der Waals surface area contributed by atoms with Gasteiger partial charge >= 0.3 is 11.9 Å². The number of fused-ring (bicyclic) bond motifs is 1. The standard InChI is InChI=1S/C20H18O5/c1-5-19(21)24-14(4)13(3)23-17-9-7-16-12-18(25-20(22)6-2)10-8-15(16)11-17/h5-12H,1-2H2,3-4H3/b14-13+. The summed E-state index contributed by atoms with van der Waals surface area (Å²) in [7, 11) is 0. The molecule has 0 spiro atoms. The third-order valence-corrected chi connectivity index (χ3v) is 3.36. The van der Waals surface area contributed by atoms with Crippen LogP contribution in [0.15, 0.2) is 73.2 Å². The van der Waals surface area contributed by atoms with E-state index in [-0.39, 0.29) is 0 Å². The lowest BCUT2D eigenvalue weighted by Gasteiger charge is -2.10. The van der Waals surface area contributed by atoms with Crippen LogP contribution in [0.5, 0.6) is 11.5 Å². The number of rotatable bonds is 6. The van der Waals surface area contributed by atoms with Crippen molar-refractivity contribution in [3.05, 3.63) is 73.2 Å². The molecule has 0 amide bonds. The fourth-order valence-electron chi connectivity index (χ4n) is 2.00. The van der Waals surface area contributed by atoms with Gasteiger partial charge in [0.1, 0.15) is 23.0 Å². The predicted molar refractivity (Wildman–Crippen MR) is 95.1 cm³/mol. The average Bonchev–Trinajstić information content (AvgIpc) is 2.61. The van der Waals surface area contributed by atoms with Crippen molar-refractivity contribution in [1.82, 2.24) is 0 Å². The molecule has 0 radical (unpaired) electrons. The molecule has 0 aliphatic rings. The van der Waals surface area contributed by atoms with Crippen LogP contribution in [0.2, 0.25) is 0 Å². The third-order valence-electron chi connectivity index (χ3n) is 3.36. The molecule has 0 aromatic heterocycles. The number of allylic oxidation sites excluding steroid dienone is 2. The maximum Gasteiger partial charge on any atom is 0.335 e. The maximum atomic E-state index is 11.2. The second-order valence-corrected chi connectivity index (χ2v) is 5.14. The zero-order chi connectivity index (χ0) is 18.4. The molecule has 0 saturated heterocycles. The molecule has 25 heavy (non-hydrogen) atoms. The van der Waals surface area contributed by atoms with E-state index in [1.54, 1.807) is 32.0 Å². The fraction of sp³-hybridized carbons (Fsp3) is 0.100. The maximum absolute atomic E-state index is 11.2. The highest BCUT2D eigenvalue weighted by molar-refractivity contribution is 5.87. The van der Waals surface area contributed by atoms with Gasteiger partial charge in [-0.25, -0.2) is 9.59 Å². The van der Waals surface area contributed by atoms with Gasteiger partial charge in [0.2, 0.25) is 0 Å². The van der Waals surface area contributed by atoms with Gasteiger partial charge in [-0.15, -0.1) is 0 Å². The van der Waals surface area contributed by atoms with Crippen LogP contribution in [0.1, 0.15) is 13.8 Å². The van der Waals surface area contributed by atoms with Crippen LogP contribution in [0, 0.1) is 0 Å². The molecule has 0 atom stereocenters. The minimum absolute atomic E-state index is 0.358. The molecule has 2 rings (SSSR count). The highest BCUT2D eigenvalue weighted by atomic mass is 16.6. The molecule has 0 unspecified atom stereocenters. The molecule has 0 aliphatic carbocycles. The Hall–Kier alpha value is -3.34. The lowest BCUT2D eigenvalue weighted by Crippen LogP contribution is -2.03. The molecule has 0 N–H and O–H groups in total. The first kappa shape index (κ1) is 18.0. The van der Waals surface area contributed by atoms with Gasteiger partial charge in [0, 0.05) is 12.2 Å². The lowest BCUT2D eigenvalue weighted by atomic mass is 10.1. The minimum Gasteiger partial charge on any atom is -0.458 e. The van der Waals surface area contributed by atoms with Crippen molar-refractivity contribution in [1.29, 1.82) is 0 Å². The summed E-state index contributed by atoms with van der Waals surface area (Å²) in [5.74, 6) is 0.803. The van der Waals surface area contributed by atoms with E-state index in [0.29, 0.717) is 23.0 Å². The summed E-state index contributed by atoms with van der Waals surface area (Å²) in [6.07, 6.45) is 2.20. The molecule has 0 saturated carbocycles. The van der Waals surface area contributed by atoms with Crippen LogP contribution >= 0.6 is 0 Å². The molecule has 2 aromatic carbocycles. The van der Waals surface area contributed by atoms with Crippen molar-refractivity contribution in [3.8, 4) is 11.5 Å². The van der Waals surface area contributed by atoms with Crippen molar-refractivity contribution in [2.45, 2.75) is 13.8 Å². The number of hydrogen-bond donors (Lipinski definition) is 0. The molecule has 0 bridgehead atoms. The van der Waals surface area contributed by atoms with E-state index < -0.39 is 11.9 Å². The highest BCUT2D eigenvalue weighted by Crippen LogP contribution is 2.26. The molecular weight excluding hydrogens is 320 g/mol. The van der Waals surface area contributed by atoms with Crippen molar-refractivity contribution >= 4 is 22.7 Å². The van der Waals surface area contributed by atoms with E-state index in [2.05, 4.69) is 13.2 Å². The normalized spacial score (nSPS) is 11.3. The first-order valence-electron chi connectivity index (χ1n) is 7.50. The van der Waals surface area contributed by atoms with Gasteiger partial charge in [-0.1, -0.05) is 25.3 Å². The van der Waals surface area contributed by atoms with Gasteiger partial charge in [0.25, 0.3) is 0 Å². The van der Waals surface area contributed by atoms with E-state index >= 15 is 0 Å². The first-order valence-corrected chi connectivity index (χ1v) is 7.50. The number of benzene rings is 2. The van der Waals surface area contributed by atoms with Crippen LogP contribution in [0.25, 0.3) is 10.8 Å². The molecule has 0 aliphatic heterocycles. The summed E-state index contributed by atoms with van der Waals surface area (Å²) in [6, 6.07) is 10.7. The van der Waals surface area contributed by atoms with Crippen molar-refractivity contribution < 1.29 is 23.8 Å². The fourth-order valence-corrected chi connectivity index (χ4v) is 2.00. The van der Waals surface area contributed by atoms with Gasteiger partial charge in [0.15, 0.2) is 0 Å². The summed E-state index contributed by atoms with van der Waals surface area (Å²) >= 11 is 0. The van der Waals surface area contributed by atoms with Gasteiger partial charge in [-0.05, 0) is 48.9 Å². The van der Waals surface area contributed by atoms with Crippen LogP contribution in [-0.2, 0) is 14.3 Å². The highest BCUT2D eigenvalue weighted by Gasteiger charge is 2.07. The van der Waals surface area contributed by atoms with E-state index in [9.17, 15) is 9.59 Å². The Kier molecular flexibility index (Phi) is 5.74. The summed E-state index contributed by atoms with van der Waals surface area (Å²) in [4.78, 5) is 22.5. The van der Waals surface area contributed by atoms with Crippen LogP contribution in [0.4, 0.5) is 0 Å². The predicted octanol–water partition coefficient (Wildman–Crippen LogP) is 4.29. The van der Waals surface area contributed by atoms with Gasteiger partial charge in [0.05, 0.1) is 0 Å². The Morgan fingerprint density at radius 3 is 1.84 bits per heavy atom. The Morgan fingerprint density at radius 1 is 0.800 bits per heavy atom. The van der Waals surface area contributed by atoms with Crippen molar-refractivity contribution in [3.63, 3.8) is 0 Å². The molecule has 5 nitrogen and oxygen atoms in total. The van der Waals surface area contributed by atoms with E-state index in [0.717, 1.165) is 22.9 Å². The van der Waals surface area contributed by atoms with Crippen molar-refractivity contribution in [2.75, 3.05) is 0 Å². The average molecular weight is 338 g/mol. The largest absolute Gasteiger partial charge is 0.458 e. The quantitative estimate of drug-likeness (QED) is 0.340. The summed E-state index contributed by atoms with van der Waals surface area (Å²) in [6.45, 7) is 10.0. The molecule has 2 aromatic rings. The topological polar surface area (TPSA) is 61.8 Å². The number of ether oxygens (including phenoxy) is 3. The van der Waals surface area contributed by atoms with E-state index in [4.69, 9.17) is 14.2 Å². The second kappa shape index (κ2) is 7.97. The Bertz CT molecular complexity index is 877. The van der Waals surface area contributed by atoms with Crippen LogP contribution in [-0.4, -0.2) is 11.9 Å². The second-order valence-electron chi connectivity index (χ2n) is 5.14. The van der Waals surface area contributed by atoms with Gasteiger partial charge in [-0.3, -0.25) is 0 Å². The third kappa shape index (κ3) is 4.81. The van der Waals surface area contributed by atoms with Gasteiger partial charge < -0.3 is 14.2 Å². The van der Waals surface area contributed by atoms with Gasteiger partial charge in [-0.2, -0.15) is 0 Å². The van der Waals surface area contributed by atoms with Crippen molar-refractivity contribution in [2.24, 2.45) is 0 Å². The smallest absolute Gasteiger partial charge is 0.335 e. The lowest BCUT2D eigenvalue weighted by molar-refractivity contribution is -0.134. The molecular formula is C20H18O5. The molecule has 0 heterocycles. The van der Waals surface area contributed by atoms with Crippen LogP contribution in [0.3, 0.4) is 0 Å². The summed E-state index contributed by atoms with van der Waals surface area (Å²) in [5, 5.41) is 1.79. The number of hydrogen-bond acceptors (Lipinski definition) is 5. The monoisotopic (exact) mass is 338 g/mol. The van der Waals surface area contributed by atoms with E-state index in [1.165, 1.54) is 0 Å². The Morgan fingerprint density at radius 2 is 1.32 bits per heavy atom. The summed E-state index contributed by atoms with van der Waals surface area (Å²) in [5.41, 5.74) is 0. The first-order chi connectivity index (χ1) is 11.9. The van der Waals surface area contributed by atoms with E-state index in [1.807, 2.05) is 18.2 Å². The number of carbonyl (C=O) groups is 2. The van der Waals surface area contributed by atoms with Crippen LogP contribution < -0.4 is 9.47 Å². The number of esters is 2. The molecule has 128 valence electrons. The molecule has 5 heteroatoms. The SMILES string of the molecule is C=CC(=O)O/C(C)=C(\C)Oc1ccc2cc(OC(=O)C=C)ccc2c1. The minimum atomic E-state index is -0.541. The Balaban J connectivity index is 2.21.